The molecule has 0 radical (unpaired) electrons. The molecule has 0 bridgehead atoms. The van der Waals surface area contributed by atoms with Crippen molar-refractivity contribution in [1.29, 1.82) is 0 Å². The Balaban J connectivity index is 2.01. The van der Waals surface area contributed by atoms with Crippen LogP contribution in [0.5, 0.6) is 0 Å². The summed E-state index contributed by atoms with van der Waals surface area (Å²) in [4.78, 5) is 2.57. The highest BCUT2D eigenvalue weighted by molar-refractivity contribution is 5.24. The smallest absolute Gasteiger partial charge is 0.0424 e. The Bertz CT molecular complexity index is 398. The summed E-state index contributed by atoms with van der Waals surface area (Å²) in [6.07, 6.45) is 1.34. The Hall–Kier alpha value is -0.860. The van der Waals surface area contributed by atoms with Gasteiger partial charge in [0.25, 0.3) is 0 Å². The number of benzene rings is 1. The molecule has 2 nitrogen and oxygen atoms in total. The van der Waals surface area contributed by atoms with E-state index in [1.165, 1.54) is 24.1 Å². The molecule has 1 aromatic carbocycles. The van der Waals surface area contributed by atoms with Gasteiger partial charge in [0, 0.05) is 25.2 Å². The molecular weight excluding hydrogens is 232 g/mol. The topological polar surface area (TPSA) is 29.3 Å². The van der Waals surface area contributed by atoms with Crippen molar-refractivity contribution in [3.05, 3.63) is 35.4 Å². The van der Waals surface area contributed by atoms with Crippen LogP contribution in [0, 0.1) is 18.8 Å². The van der Waals surface area contributed by atoms with Gasteiger partial charge < -0.3 is 5.73 Å². The zero-order chi connectivity index (χ0) is 14.0. The van der Waals surface area contributed by atoms with Gasteiger partial charge in [-0.05, 0) is 37.7 Å². The fraction of sp³-hybridized carbons (Fsp3) is 0.647. The van der Waals surface area contributed by atoms with Gasteiger partial charge in [0.2, 0.25) is 0 Å². The number of nitrogens with two attached hydrogens (primary N) is 1. The van der Waals surface area contributed by atoms with E-state index in [0.717, 1.165) is 18.4 Å². The van der Waals surface area contributed by atoms with E-state index in [9.17, 15) is 0 Å². The van der Waals surface area contributed by atoms with Gasteiger partial charge in [0.05, 0.1) is 0 Å². The average Bonchev–Trinajstić information content (AvgIpc) is 2.36. The second-order valence-corrected chi connectivity index (χ2v) is 6.53. The van der Waals surface area contributed by atoms with Crippen LogP contribution >= 0.6 is 0 Å². The summed E-state index contributed by atoms with van der Waals surface area (Å²) in [5, 5.41) is 0. The summed E-state index contributed by atoms with van der Waals surface area (Å²) in [6.45, 7) is 11.3. The molecule has 19 heavy (non-hydrogen) atoms. The normalized spacial score (nSPS) is 30.3. The van der Waals surface area contributed by atoms with E-state index in [1.807, 2.05) is 0 Å². The first-order valence-corrected chi connectivity index (χ1v) is 7.53. The van der Waals surface area contributed by atoms with Crippen molar-refractivity contribution in [1.82, 2.24) is 4.90 Å². The first-order valence-electron chi connectivity index (χ1n) is 7.53. The van der Waals surface area contributed by atoms with Gasteiger partial charge in [0.15, 0.2) is 0 Å². The molecule has 0 amide bonds. The fourth-order valence-electron chi connectivity index (χ4n) is 3.25. The van der Waals surface area contributed by atoms with E-state index in [4.69, 9.17) is 5.73 Å². The quantitative estimate of drug-likeness (QED) is 0.903. The van der Waals surface area contributed by atoms with Crippen molar-refractivity contribution in [3.8, 4) is 0 Å². The average molecular weight is 260 g/mol. The first-order chi connectivity index (χ1) is 8.97. The van der Waals surface area contributed by atoms with E-state index >= 15 is 0 Å². The molecular formula is C17H28N2. The summed E-state index contributed by atoms with van der Waals surface area (Å²) in [5.74, 6) is 1.56. The number of piperidine rings is 1. The predicted octanol–water partition coefficient (Wildman–Crippen LogP) is 3.36. The summed E-state index contributed by atoms with van der Waals surface area (Å²) in [7, 11) is 0. The molecule has 2 N–H and O–H groups in total. The minimum Gasteiger partial charge on any atom is -0.323 e. The van der Waals surface area contributed by atoms with Crippen LogP contribution in [0.3, 0.4) is 0 Å². The lowest BCUT2D eigenvalue weighted by atomic mass is 9.85. The Morgan fingerprint density at radius 3 is 2.47 bits per heavy atom. The third kappa shape index (κ3) is 3.58. The number of hydrogen-bond acceptors (Lipinski definition) is 2. The van der Waals surface area contributed by atoms with E-state index in [2.05, 4.69) is 56.9 Å². The van der Waals surface area contributed by atoms with Gasteiger partial charge in [-0.1, -0.05) is 43.7 Å². The van der Waals surface area contributed by atoms with Crippen LogP contribution in [0.15, 0.2) is 24.3 Å². The highest BCUT2D eigenvalue weighted by Gasteiger charge is 2.29. The molecule has 1 saturated heterocycles. The summed E-state index contributed by atoms with van der Waals surface area (Å²) in [6, 6.07) is 9.41. The highest BCUT2D eigenvalue weighted by Crippen LogP contribution is 2.28. The summed E-state index contributed by atoms with van der Waals surface area (Å²) in [5.41, 5.74) is 8.94. The van der Waals surface area contributed by atoms with Gasteiger partial charge >= 0.3 is 0 Å². The van der Waals surface area contributed by atoms with Crippen molar-refractivity contribution in [2.45, 2.75) is 46.2 Å². The van der Waals surface area contributed by atoms with Gasteiger partial charge in [-0.25, -0.2) is 0 Å². The van der Waals surface area contributed by atoms with Crippen LogP contribution in [0.4, 0.5) is 0 Å². The number of nitrogens with zero attached hydrogens (tertiary/aromatic N) is 1. The summed E-state index contributed by atoms with van der Waals surface area (Å²) < 4.78 is 0. The lowest BCUT2D eigenvalue weighted by Gasteiger charge is -2.42. The molecule has 4 unspecified atom stereocenters. The largest absolute Gasteiger partial charge is 0.323 e. The Kier molecular flexibility index (Phi) is 4.64. The second kappa shape index (κ2) is 6.06. The molecule has 0 spiro atoms. The molecule has 0 aliphatic carbocycles. The van der Waals surface area contributed by atoms with Gasteiger partial charge in [-0.2, -0.15) is 0 Å². The van der Waals surface area contributed by atoms with Crippen molar-refractivity contribution in [3.63, 3.8) is 0 Å². The van der Waals surface area contributed by atoms with Crippen molar-refractivity contribution in [2.75, 3.05) is 13.1 Å². The Labute approximate surface area is 118 Å². The van der Waals surface area contributed by atoms with Gasteiger partial charge in [-0.15, -0.1) is 0 Å². The van der Waals surface area contributed by atoms with E-state index in [0.29, 0.717) is 6.04 Å². The molecule has 0 aromatic heterocycles. The first kappa shape index (κ1) is 14.5. The fourth-order valence-corrected chi connectivity index (χ4v) is 3.25. The Morgan fingerprint density at radius 2 is 1.84 bits per heavy atom. The third-order valence-electron chi connectivity index (χ3n) is 4.66. The predicted molar refractivity (Wildman–Crippen MR) is 82.1 cm³/mol. The number of rotatable bonds is 3. The molecule has 4 atom stereocenters. The van der Waals surface area contributed by atoms with Gasteiger partial charge in [0.1, 0.15) is 0 Å². The molecule has 2 rings (SSSR count). The van der Waals surface area contributed by atoms with E-state index in [1.54, 1.807) is 0 Å². The molecule has 1 fully saturated rings. The summed E-state index contributed by atoms with van der Waals surface area (Å²) >= 11 is 0. The number of hydrogen-bond donors (Lipinski definition) is 1. The van der Waals surface area contributed by atoms with Crippen LogP contribution in [0.1, 0.15) is 44.4 Å². The molecule has 1 aliphatic rings. The lowest BCUT2D eigenvalue weighted by Crippen LogP contribution is -2.48. The van der Waals surface area contributed by atoms with Crippen LogP contribution in [-0.4, -0.2) is 24.0 Å². The van der Waals surface area contributed by atoms with Crippen LogP contribution in [-0.2, 0) is 0 Å². The molecule has 1 aliphatic heterocycles. The monoisotopic (exact) mass is 260 g/mol. The van der Waals surface area contributed by atoms with Crippen molar-refractivity contribution < 1.29 is 0 Å². The van der Waals surface area contributed by atoms with Gasteiger partial charge in [-0.3, -0.25) is 4.90 Å². The lowest BCUT2D eigenvalue weighted by molar-refractivity contribution is 0.0742. The zero-order valence-corrected chi connectivity index (χ0v) is 12.8. The molecule has 1 aromatic rings. The standard InChI is InChI=1S/C17H28N2/c1-12-5-7-16(8-6-12)17(18)11-19-10-13(2)9-14(3)15(19)4/h5-8,13-15,17H,9-11,18H2,1-4H3. The van der Waals surface area contributed by atoms with Crippen molar-refractivity contribution in [2.24, 2.45) is 17.6 Å². The zero-order valence-electron chi connectivity index (χ0n) is 12.8. The molecule has 1 heterocycles. The van der Waals surface area contributed by atoms with Crippen molar-refractivity contribution >= 4 is 0 Å². The van der Waals surface area contributed by atoms with E-state index < -0.39 is 0 Å². The number of aryl methyl sites for hydroxylation is 1. The molecule has 106 valence electrons. The minimum atomic E-state index is 0.126. The van der Waals surface area contributed by atoms with Crippen LogP contribution in [0.25, 0.3) is 0 Å². The maximum absolute atomic E-state index is 6.39. The Morgan fingerprint density at radius 1 is 1.21 bits per heavy atom. The maximum Gasteiger partial charge on any atom is 0.0424 e. The highest BCUT2D eigenvalue weighted by atomic mass is 15.2. The maximum atomic E-state index is 6.39. The van der Waals surface area contributed by atoms with E-state index in [-0.39, 0.29) is 6.04 Å². The molecule has 0 saturated carbocycles. The third-order valence-corrected chi connectivity index (χ3v) is 4.66. The number of likely N-dealkylation sites (tertiary alicyclic amines) is 1. The molecule has 2 heteroatoms. The second-order valence-electron chi connectivity index (χ2n) is 6.53. The van der Waals surface area contributed by atoms with Crippen LogP contribution in [0.2, 0.25) is 0 Å². The van der Waals surface area contributed by atoms with Crippen LogP contribution < -0.4 is 5.73 Å². The minimum absolute atomic E-state index is 0.126. The SMILES string of the molecule is Cc1ccc(C(N)CN2CC(C)CC(C)C2C)cc1.